The van der Waals surface area contributed by atoms with Gasteiger partial charge in [0.1, 0.15) is 0 Å². The van der Waals surface area contributed by atoms with Gasteiger partial charge in [0.15, 0.2) is 5.65 Å². The number of nitrogens with one attached hydrogen (secondary N) is 1. The van der Waals surface area contributed by atoms with Gasteiger partial charge >= 0.3 is 0 Å². The maximum atomic E-state index is 13.7. The molecule has 5 rings (SSSR count). The number of aryl methyl sites for hydroxylation is 2. The van der Waals surface area contributed by atoms with E-state index in [0.717, 1.165) is 53.8 Å². The summed E-state index contributed by atoms with van der Waals surface area (Å²) in [5.41, 5.74) is 5.38. The summed E-state index contributed by atoms with van der Waals surface area (Å²) >= 11 is 0. The van der Waals surface area contributed by atoms with E-state index >= 15 is 0 Å². The van der Waals surface area contributed by atoms with Gasteiger partial charge in [-0.15, -0.1) is 0 Å². The average Bonchev–Trinajstić information content (AvgIpc) is 3.52. The Labute approximate surface area is 194 Å². The molecule has 0 spiro atoms. The highest BCUT2D eigenvalue weighted by Crippen LogP contribution is 2.40. The molecule has 1 aliphatic carbocycles. The van der Waals surface area contributed by atoms with Crippen molar-refractivity contribution in [2.75, 3.05) is 17.5 Å². The minimum atomic E-state index is -3.52. The number of carbonyl (C=O) groups excluding carboxylic acids is 1. The van der Waals surface area contributed by atoms with Crippen molar-refractivity contribution in [2.45, 2.75) is 57.9 Å². The maximum Gasteiger partial charge on any atom is 0.256 e. The molecule has 33 heavy (non-hydrogen) atoms. The molecule has 174 valence electrons. The third-order valence-corrected chi connectivity index (χ3v) is 7.04. The zero-order valence-corrected chi connectivity index (χ0v) is 20.0. The molecule has 1 amide bonds. The third kappa shape index (κ3) is 4.46. The highest BCUT2D eigenvalue weighted by molar-refractivity contribution is 7.92. The Morgan fingerprint density at radius 2 is 1.85 bits per heavy atom. The fourth-order valence-corrected chi connectivity index (χ4v) is 5.26. The lowest BCUT2D eigenvalue weighted by Crippen LogP contribution is -2.39. The van der Waals surface area contributed by atoms with E-state index in [2.05, 4.69) is 10.8 Å². The fourth-order valence-electron chi connectivity index (χ4n) is 4.68. The van der Waals surface area contributed by atoms with Crippen LogP contribution in [0.5, 0.6) is 0 Å². The van der Waals surface area contributed by atoms with Crippen LogP contribution >= 0.6 is 0 Å². The van der Waals surface area contributed by atoms with Crippen molar-refractivity contribution in [3.8, 4) is 0 Å². The number of benzene rings is 1. The van der Waals surface area contributed by atoms with Crippen LogP contribution < -0.4 is 4.72 Å². The minimum absolute atomic E-state index is 0.177. The first-order valence-corrected chi connectivity index (χ1v) is 13.4. The number of hydrogen-bond acceptors (Lipinski definition) is 5. The molecule has 1 unspecified atom stereocenters. The van der Waals surface area contributed by atoms with Gasteiger partial charge in [0.05, 0.1) is 29.2 Å². The summed E-state index contributed by atoms with van der Waals surface area (Å²) in [6, 6.07) is 9.14. The summed E-state index contributed by atoms with van der Waals surface area (Å²) < 4.78 is 28.1. The van der Waals surface area contributed by atoms with Crippen molar-refractivity contribution in [1.29, 1.82) is 0 Å². The van der Waals surface area contributed by atoms with Gasteiger partial charge in [-0.05, 0) is 64.2 Å². The molecule has 1 N–H and O–H groups in total. The molecule has 1 saturated carbocycles. The minimum Gasteiger partial charge on any atom is -0.330 e. The summed E-state index contributed by atoms with van der Waals surface area (Å²) in [6.45, 7) is 4.53. The molecular formula is C24H29N5O3S. The summed E-state index contributed by atoms with van der Waals surface area (Å²) in [4.78, 5) is 20.4. The molecule has 1 aromatic carbocycles. The van der Waals surface area contributed by atoms with Crippen LogP contribution in [0.2, 0.25) is 0 Å². The Hall–Kier alpha value is -2.94. The Kier molecular flexibility index (Phi) is 5.39. The first-order valence-electron chi connectivity index (χ1n) is 11.5. The summed E-state index contributed by atoms with van der Waals surface area (Å²) in [6.07, 6.45) is 6.19. The van der Waals surface area contributed by atoms with Crippen LogP contribution in [0.4, 0.5) is 5.69 Å². The number of likely N-dealkylation sites (tertiary alicyclic amines) is 1. The molecule has 2 aromatic heterocycles. The van der Waals surface area contributed by atoms with E-state index in [-0.39, 0.29) is 11.9 Å². The van der Waals surface area contributed by atoms with E-state index in [1.807, 2.05) is 29.3 Å². The lowest BCUT2D eigenvalue weighted by atomic mass is 9.97. The topological polar surface area (TPSA) is 96.7 Å². The second-order valence-corrected chi connectivity index (χ2v) is 11.1. The van der Waals surface area contributed by atoms with Crippen LogP contribution in [0.3, 0.4) is 0 Å². The molecule has 2 aliphatic rings. The smallest absolute Gasteiger partial charge is 0.256 e. The van der Waals surface area contributed by atoms with Gasteiger partial charge < -0.3 is 4.90 Å². The van der Waals surface area contributed by atoms with Gasteiger partial charge in [0.25, 0.3) is 5.91 Å². The Morgan fingerprint density at radius 1 is 1.06 bits per heavy atom. The van der Waals surface area contributed by atoms with Gasteiger partial charge in [0, 0.05) is 29.9 Å². The number of amides is 1. The van der Waals surface area contributed by atoms with Crippen LogP contribution in [-0.2, 0) is 10.0 Å². The van der Waals surface area contributed by atoms with Crippen molar-refractivity contribution in [3.05, 3.63) is 58.5 Å². The molecule has 1 aliphatic heterocycles. The van der Waals surface area contributed by atoms with Crippen molar-refractivity contribution in [1.82, 2.24) is 19.5 Å². The quantitative estimate of drug-likeness (QED) is 0.613. The Balaban J connectivity index is 1.52. The van der Waals surface area contributed by atoms with E-state index in [1.165, 1.54) is 12.8 Å². The fraction of sp³-hybridized carbons (Fsp3) is 0.458. The predicted molar refractivity (Wildman–Crippen MR) is 127 cm³/mol. The summed E-state index contributed by atoms with van der Waals surface area (Å²) in [5.74, 6) is 0.372. The molecule has 3 heterocycles. The van der Waals surface area contributed by atoms with Crippen LogP contribution in [0.25, 0.3) is 5.65 Å². The van der Waals surface area contributed by atoms with Crippen LogP contribution in [0.1, 0.15) is 77.1 Å². The number of nitrogens with zero attached hydrogens (tertiary/aromatic N) is 4. The van der Waals surface area contributed by atoms with Crippen LogP contribution in [0, 0.1) is 13.8 Å². The second-order valence-electron chi connectivity index (χ2n) is 9.37. The molecule has 1 saturated heterocycles. The van der Waals surface area contributed by atoms with Gasteiger partial charge in [0.2, 0.25) is 10.0 Å². The van der Waals surface area contributed by atoms with E-state index in [4.69, 9.17) is 10.1 Å². The van der Waals surface area contributed by atoms with Crippen molar-refractivity contribution in [2.24, 2.45) is 0 Å². The lowest BCUT2D eigenvalue weighted by Gasteiger charge is -2.35. The number of hydrogen-bond donors (Lipinski definition) is 1. The largest absolute Gasteiger partial charge is 0.330 e. The monoisotopic (exact) mass is 467 g/mol. The first-order chi connectivity index (χ1) is 15.7. The molecule has 0 bridgehead atoms. The van der Waals surface area contributed by atoms with Gasteiger partial charge in [-0.1, -0.05) is 11.6 Å². The summed E-state index contributed by atoms with van der Waals surface area (Å²) in [5, 5.41) is 4.83. The Morgan fingerprint density at radius 3 is 2.58 bits per heavy atom. The number of fused-ring (bicyclic) bond motifs is 1. The molecule has 1 atom stereocenters. The predicted octanol–water partition coefficient (Wildman–Crippen LogP) is 3.96. The maximum absolute atomic E-state index is 13.7. The third-order valence-electron chi connectivity index (χ3n) is 6.45. The second kappa shape index (κ2) is 8.13. The number of rotatable bonds is 5. The molecule has 9 heteroatoms. The lowest BCUT2D eigenvalue weighted by molar-refractivity contribution is 0.0606. The average molecular weight is 468 g/mol. The molecule has 8 nitrogen and oxygen atoms in total. The highest BCUT2D eigenvalue weighted by atomic mass is 32.2. The van der Waals surface area contributed by atoms with Crippen molar-refractivity contribution >= 4 is 27.3 Å². The number of piperidine rings is 1. The standard InChI is InChI=1S/C24H29N5O3S/c1-15-7-10-19(27-33(3,31)32)18(12-15)24(30)28-11-5-4-6-22(28)21-14-23-25-20(17-8-9-17)13-16(2)29(23)26-21/h7,10,12-14,17,22,27H,4-6,8-9,11H2,1-3H3. The van der Waals surface area contributed by atoms with E-state index in [0.29, 0.717) is 23.7 Å². The van der Waals surface area contributed by atoms with E-state index in [1.54, 1.807) is 18.2 Å². The Bertz CT molecular complexity index is 1340. The number of carbonyl (C=O) groups is 1. The summed E-state index contributed by atoms with van der Waals surface area (Å²) in [7, 11) is -3.52. The number of anilines is 1. The number of sulfonamides is 1. The van der Waals surface area contributed by atoms with Crippen molar-refractivity contribution in [3.63, 3.8) is 0 Å². The van der Waals surface area contributed by atoms with Gasteiger partial charge in [-0.2, -0.15) is 5.10 Å². The molecule has 2 fully saturated rings. The van der Waals surface area contributed by atoms with Crippen molar-refractivity contribution < 1.29 is 13.2 Å². The van der Waals surface area contributed by atoms with E-state index < -0.39 is 10.0 Å². The van der Waals surface area contributed by atoms with Crippen LogP contribution in [-0.4, -0.2) is 46.6 Å². The zero-order valence-electron chi connectivity index (χ0n) is 19.2. The normalized spacial score (nSPS) is 19.1. The van der Waals surface area contributed by atoms with Gasteiger partial charge in [-0.3, -0.25) is 9.52 Å². The van der Waals surface area contributed by atoms with Gasteiger partial charge in [-0.25, -0.2) is 17.9 Å². The number of aromatic nitrogens is 3. The first kappa shape index (κ1) is 21.9. The SMILES string of the molecule is Cc1ccc(NS(C)(=O)=O)c(C(=O)N2CCCCC2c2cc3nc(C4CC4)cc(C)n3n2)c1. The van der Waals surface area contributed by atoms with Crippen LogP contribution in [0.15, 0.2) is 30.3 Å². The zero-order chi connectivity index (χ0) is 23.3. The molecular weight excluding hydrogens is 438 g/mol. The van der Waals surface area contributed by atoms with E-state index in [9.17, 15) is 13.2 Å². The molecule has 3 aromatic rings. The highest BCUT2D eigenvalue weighted by Gasteiger charge is 2.33. The molecule has 0 radical (unpaired) electrons.